The fraction of sp³-hybridized carbons (Fsp3) is 0.471. The van der Waals surface area contributed by atoms with Crippen molar-refractivity contribution in [1.82, 2.24) is 9.78 Å². The summed E-state index contributed by atoms with van der Waals surface area (Å²) in [6.07, 6.45) is 3.16. The van der Waals surface area contributed by atoms with E-state index >= 15 is 0 Å². The SMILES string of the molecule is CC(N)c1ccc2c(c1)CCN2Cc1ccn(C(C)C)n1. The molecule has 0 saturated carbocycles. The first kappa shape index (κ1) is 14.1. The third-order valence-electron chi connectivity index (χ3n) is 4.17. The molecule has 21 heavy (non-hydrogen) atoms. The van der Waals surface area contributed by atoms with Crippen LogP contribution in [0.25, 0.3) is 0 Å². The average molecular weight is 284 g/mol. The van der Waals surface area contributed by atoms with Gasteiger partial charge in [0.2, 0.25) is 0 Å². The molecule has 1 aliphatic heterocycles. The van der Waals surface area contributed by atoms with Crippen LogP contribution in [-0.4, -0.2) is 16.3 Å². The quantitative estimate of drug-likeness (QED) is 0.938. The lowest BCUT2D eigenvalue weighted by atomic mass is 10.0. The van der Waals surface area contributed by atoms with Crippen LogP contribution in [0.2, 0.25) is 0 Å². The van der Waals surface area contributed by atoms with Crippen LogP contribution in [-0.2, 0) is 13.0 Å². The van der Waals surface area contributed by atoms with E-state index < -0.39 is 0 Å². The minimum Gasteiger partial charge on any atom is -0.365 e. The maximum Gasteiger partial charge on any atom is 0.0817 e. The largest absolute Gasteiger partial charge is 0.365 e. The van der Waals surface area contributed by atoms with Gasteiger partial charge in [0.1, 0.15) is 0 Å². The highest BCUT2D eigenvalue weighted by atomic mass is 15.3. The minimum absolute atomic E-state index is 0.103. The first-order valence-electron chi connectivity index (χ1n) is 7.72. The molecule has 4 heteroatoms. The molecule has 2 heterocycles. The van der Waals surface area contributed by atoms with E-state index in [9.17, 15) is 0 Å². The fourth-order valence-electron chi connectivity index (χ4n) is 2.88. The van der Waals surface area contributed by atoms with Gasteiger partial charge in [-0.25, -0.2) is 0 Å². The molecule has 0 aliphatic carbocycles. The van der Waals surface area contributed by atoms with Crippen molar-refractivity contribution in [3.05, 3.63) is 47.3 Å². The highest BCUT2D eigenvalue weighted by Gasteiger charge is 2.20. The Hall–Kier alpha value is -1.81. The van der Waals surface area contributed by atoms with Gasteiger partial charge in [0.25, 0.3) is 0 Å². The molecule has 0 fully saturated rings. The van der Waals surface area contributed by atoms with Gasteiger partial charge in [0, 0.05) is 30.5 Å². The van der Waals surface area contributed by atoms with Gasteiger partial charge in [-0.15, -0.1) is 0 Å². The van der Waals surface area contributed by atoms with E-state index in [1.54, 1.807) is 0 Å². The molecular formula is C17H24N4. The third-order valence-corrected chi connectivity index (χ3v) is 4.17. The first-order valence-corrected chi connectivity index (χ1v) is 7.72. The first-order chi connectivity index (χ1) is 10.0. The zero-order valence-electron chi connectivity index (χ0n) is 13.1. The summed E-state index contributed by atoms with van der Waals surface area (Å²) in [5.41, 5.74) is 11.1. The summed E-state index contributed by atoms with van der Waals surface area (Å²) in [6.45, 7) is 8.28. The van der Waals surface area contributed by atoms with Crippen molar-refractivity contribution in [3.8, 4) is 0 Å². The van der Waals surface area contributed by atoms with Crippen LogP contribution in [0, 0.1) is 0 Å². The second-order valence-corrected chi connectivity index (χ2v) is 6.23. The number of anilines is 1. The molecule has 0 radical (unpaired) electrons. The second-order valence-electron chi connectivity index (χ2n) is 6.23. The van der Waals surface area contributed by atoms with Crippen molar-refractivity contribution in [2.24, 2.45) is 5.73 Å². The molecule has 112 valence electrons. The standard InChI is InChI=1S/C17H24N4/c1-12(2)21-9-7-16(19-21)11-20-8-6-15-10-14(13(3)18)4-5-17(15)20/h4-5,7,9-10,12-13H,6,8,11,18H2,1-3H3. The van der Waals surface area contributed by atoms with Crippen LogP contribution < -0.4 is 10.6 Å². The lowest BCUT2D eigenvalue weighted by Crippen LogP contribution is -2.20. The molecule has 1 unspecified atom stereocenters. The Balaban J connectivity index is 1.77. The van der Waals surface area contributed by atoms with Crippen LogP contribution in [0.1, 0.15) is 49.7 Å². The number of nitrogens with two attached hydrogens (primary N) is 1. The van der Waals surface area contributed by atoms with Crippen molar-refractivity contribution in [2.75, 3.05) is 11.4 Å². The van der Waals surface area contributed by atoms with Crippen LogP contribution in [0.15, 0.2) is 30.5 Å². The van der Waals surface area contributed by atoms with E-state index in [0.29, 0.717) is 6.04 Å². The Kier molecular flexibility index (Phi) is 3.72. The molecule has 1 aromatic heterocycles. The van der Waals surface area contributed by atoms with Gasteiger partial charge in [-0.2, -0.15) is 5.10 Å². The number of aromatic nitrogens is 2. The topological polar surface area (TPSA) is 47.1 Å². The van der Waals surface area contributed by atoms with Gasteiger partial charge in [-0.05, 0) is 50.5 Å². The van der Waals surface area contributed by atoms with E-state index in [-0.39, 0.29) is 6.04 Å². The maximum atomic E-state index is 5.97. The lowest BCUT2D eigenvalue weighted by molar-refractivity contribution is 0.525. The van der Waals surface area contributed by atoms with Crippen molar-refractivity contribution in [1.29, 1.82) is 0 Å². The number of hydrogen-bond donors (Lipinski definition) is 1. The molecule has 1 atom stereocenters. The summed E-state index contributed by atoms with van der Waals surface area (Å²) in [7, 11) is 0. The van der Waals surface area contributed by atoms with Crippen LogP contribution >= 0.6 is 0 Å². The molecule has 0 bridgehead atoms. The van der Waals surface area contributed by atoms with Gasteiger partial charge in [-0.1, -0.05) is 12.1 Å². The Morgan fingerprint density at radius 2 is 2.05 bits per heavy atom. The summed E-state index contributed by atoms with van der Waals surface area (Å²) in [5, 5.41) is 4.65. The molecule has 2 aromatic rings. The van der Waals surface area contributed by atoms with E-state index in [0.717, 1.165) is 25.2 Å². The summed E-state index contributed by atoms with van der Waals surface area (Å²) < 4.78 is 2.02. The molecule has 4 nitrogen and oxygen atoms in total. The van der Waals surface area contributed by atoms with Crippen molar-refractivity contribution < 1.29 is 0 Å². The third kappa shape index (κ3) is 2.81. The molecular weight excluding hydrogens is 260 g/mol. The highest BCUT2D eigenvalue weighted by Crippen LogP contribution is 2.31. The molecule has 1 aliphatic rings. The fourth-order valence-corrected chi connectivity index (χ4v) is 2.88. The zero-order valence-corrected chi connectivity index (χ0v) is 13.1. The van der Waals surface area contributed by atoms with Crippen LogP contribution in [0.5, 0.6) is 0 Å². The minimum atomic E-state index is 0.103. The molecule has 0 saturated heterocycles. The smallest absolute Gasteiger partial charge is 0.0817 e. The van der Waals surface area contributed by atoms with Gasteiger partial charge in [-0.3, -0.25) is 4.68 Å². The molecule has 3 rings (SSSR count). The summed E-state index contributed by atoms with van der Waals surface area (Å²) >= 11 is 0. The summed E-state index contributed by atoms with van der Waals surface area (Å²) in [5.74, 6) is 0. The zero-order chi connectivity index (χ0) is 15.0. The van der Waals surface area contributed by atoms with Crippen LogP contribution in [0.4, 0.5) is 5.69 Å². The number of nitrogens with zero attached hydrogens (tertiary/aromatic N) is 3. The number of rotatable bonds is 4. The highest BCUT2D eigenvalue weighted by molar-refractivity contribution is 5.59. The maximum absolute atomic E-state index is 5.97. The van der Waals surface area contributed by atoms with Crippen molar-refractivity contribution in [3.63, 3.8) is 0 Å². The Morgan fingerprint density at radius 3 is 2.71 bits per heavy atom. The molecule has 2 N–H and O–H groups in total. The Bertz CT molecular complexity index is 627. The summed E-state index contributed by atoms with van der Waals surface area (Å²) in [6, 6.07) is 9.25. The predicted octanol–water partition coefficient (Wildman–Crippen LogP) is 3.05. The monoisotopic (exact) mass is 284 g/mol. The van der Waals surface area contributed by atoms with Gasteiger partial charge >= 0.3 is 0 Å². The Labute approximate surface area is 126 Å². The van der Waals surface area contributed by atoms with E-state index in [1.165, 1.54) is 16.8 Å². The van der Waals surface area contributed by atoms with Gasteiger partial charge in [0.05, 0.1) is 12.2 Å². The number of fused-ring (bicyclic) bond motifs is 1. The second kappa shape index (κ2) is 5.53. The van der Waals surface area contributed by atoms with Crippen molar-refractivity contribution >= 4 is 5.69 Å². The van der Waals surface area contributed by atoms with E-state index in [4.69, 9.17) is 5.73 Å². The lowest BCUT2D eigenvalue weighted by Gasteiger charge is -2.18. The number of hydrogen-bond acceptors (Lipinski definition) is 3. The molecule has 0 spiro atoms. The van der Waals surface area contributed by atoms with E-state index in [1.807, 2.05) is 11.6 Å². The molecule has 1 aromatic carbocycles. The number of benzene rings is 1. The summed E-state index contributed by atoms with van der Waals surface area (Å²) in [4.78, 5) is 2.41. The van der Waals surface area contributed by atoms with E-state index in [2.05, 4.69) is 54.3 Å². The average Bonchev–Trinajstić information content (AvgIpc) is 3.06. The van der Waals surface area contributed by atoms with Gasteiger partial charge < -0.3 is 10.6 Å². The predicted molar refractivity (Wildman–Crippen MR) is 86.4 cm³/mol. The van der Waals surface area contributed by atoms with Crippen molar-refractivity contribution in [2.45, 2.75) is 45.8 Å². The Morgan fingerprint density at radius 1 is 1.24 bits per heavy atom. The normalized spacial score (nSPS) is 15.6. The van der Waals surface area contributed by atoms with Gasteiger partial charge in [0.15, 0.2) is 0 Å². The van der Waals surface area contributed by atoms with Crippen LogP contribution in [0.3, 0.4) is 0 Å². The molecule has 0 amide bonds.